The van der Waals surface area contributed by atoms with Gasteiger partial charge in [-0.05, 0) is 38.0 Å². The van der Waals surface area contributed by atoms with Gasteiger partial charge in [-0.3, -0.25) is 13.9 Å². The molecule has 4 rings (SSSR count). The number of amides is 1. The highest BCUT2D eigenvalue weighted by Crippen LogP contribution is 2.19. The number of nitrogens with one attached hydrogen (secondary N) is 1. The highest BCUT2D eigenvalue weighted by molar-refractivity contribution is 5.92. The predicted octanol–water partition coefficient (Wildman–Crippen LogP) is 1.34. The third kappa shape index (κ3) is 3.07. The molecule has 1 N–H and O–H groups in total. The lowest BCUT2D eigenvalue weighted by molar-refractivity contribution is 0.0925. The van der Waals surface area contributed by atoms with Gasteiger partial charge in [-0.25, -0.2) is 0 Å². The summed E-state index contributed by atoms with van der Waals surface area (Å²) in [6, 6.07) is 7.79. The van der Waals surface area contributed by atoms with E-state index in [0.29, 0.717) is 5.69 Å². The number of fused-ring (bicyclic) bond motifs is 1. The number of hydrogen-bond donors (Lipinski definition) is 1. The van der Waals surface area contributed by atoms with Gasteiger partial charge >= 0.3 is 0 Å². The van der Waals surface area contributed by atoms with Gasteiger partial charge in [0.25, 0.3) is 5.91 Å². The fourth-order valence-electron chi connectivity index (χ4n) is 3.19. The van der Waals surface area contributed by atoms with Crippen LogP contribution in [-0.4, -0.2) is 49.4 Å². The zero-order chi connectivity index (χ0) is 17.2. The summed E-state index contributed by atoms with van der Waals surface area (Å²) in [6.45, 7) is 4.44. The number of rotatable bonds is 4. The topological polar surface area (TPSA) is 80.4 Å². The molecule has 0 saturated carbocycles. The first-order valence-corrected chi connectivity index (χ1v) is 8.63. The average Bonchev–Trinajstić information content (AvgIpc) is 3.29. The molecule has 0 spiro atoms. The summed E-state index contributed by atoms with van der Waals surface area (Å²) in [5.74, 6) is 0.764. The molecule has 25 heavy (non-hydrogen) atoms. The molecule has 130 valence electrons. The minimum atomic E-state index is -0.0985. The van der Waals surface area contributed by atoms with Crippen LogP contribution in [0.15, 0.2) is 36.7 Å². The van der Waals surface area contributed by atoms with Gasteiger partial charge in [-0.2, -0.15) is 5.10 Å². The van der Waals surface area contributed by atoms with Crippen molar-refractivity contribution in [2.24, 2.45) is 0 Å². The summed E-state index contributed by atoms with van der Waals surface area (Å²) in [6.07, 6.45) is 5.56. The van der Waals surface area contributed by atoms with Crippen LogP contribution >= 0.6 is 0 Å². The third-order valence-electron chi connectivity index (χ3n) is 4.61. The van der Waals surface area contributed by atoms with Crippen molar-refractivity contribution in [2.75, 3.05) is 18.0 Å². The van der Waals surface area contributed by atoms with Crippen molar-refractivity contribution in [3.8, 4) is 0 Å². The van der Waals surface area contributed by atoms with Crippen LogP contribution in [0.3, 0.4) is 0 Å². The van der Waals surface area contributed by atoms with E-state index < -0.39 is 0 Å². The number of carbonyl (C=O) groups is 1. The van der Waals surface area contributed by atoms with Crippen molar-refractivity contribution >= 4 is 17.5 Å². The van der Waals surface area contributed by atoms with Crippen molar-refractivity contribution < 1.29 is 4.79 Å². The van der Waals surface area contributed by atoms with E-state index in [-0.39, 0.29) is 11.9 Å². The molecule has 1 amide bonds. The zero-order valence-corrected chi connectivity index (χ0v) is 14.2. The molecule has 0 aromatic carbocycles. The Kier molecular flexibility index (Phi) is 4.09. The van der Waals surface area contributed by atoms with Crippen LogP contribution in [0.2, 0.25) is 0 Å². The van der Waals surface area contributed by atoms with E-state index in [0.717, 1.165) is 44.1 Å². The lowest BCUT2D eigenvalue weighted by Crippen LogP contribution is -2.45. The minimum Gasteiger partial charge on any atom is -0.348 e. The Morgan fingerprint density at radius 2 is 2.04 bits per heavy atom. The Labute approximate surface area is 145 Å². The quantitative estimate of drug-likeness (QED) is 0.776. The van der Waals surface area contributed by atoms with E-state index in [1.807, 2.05) is 41.9 Å². The van der Waals surface area contributed by atoms with Crippen molar-refractivity contribution in [2.45, 2.75) is 32.4 Å². The van der Waals surface area contributed by atoms with Gasteiger partial charge in [0, 0.05) is 38.1 Å². The summed E-state index contributed by atoms with van der Waals surface area (Å²) in [4.78, 5) is 14.5. The van der Waals surface area contributed by atoms with Gasteiger partial charge in [-0.15, -0.1) is 10.2 Å². The van der Waals surface area contributed by atoms with Gasteiger partial charge in [0.15, 0.2) is 5.65 Å². The minimum absolute atomic E-state index is 0.0985. The average molecular weight is 339 g/mol. The van der Waals surface area contributed by atoms with Crippen LogP contribution in [0.5, 0.6) is 0 Å². The molecule has 1 aliphatic heterocycles. The van der Waals surface area contributed by atoms with E-state index in [1.165, 1.54) is 0 Å². The van der Waals surface area contributed by atoms with Crippen LogP contribution in [0.4, 0.5) is 5.95 Å². The smallest absolute Gasteiger partial charge is 0.271 e. The second-order valence-corrected chi connectivity index (χ2v) is 6.22. The highest BCUT2D eigenvalue weighted by Gasteiger charge is 2.24. The normalized spacial score (nSPS) is 15.6. The second-order valence-electron chi connectivity index (χ2n) is 6.22. The summed E-state index contributed by atoms with van der Waals surface area (Å²) >= 11 is 0. The molecule has 3 aromatic heterocycles. The number of anilines is 1. The molecule has 1 aliphatic rings. The molecule has 0 aliphatic carbocycles. The lowest BCUT2D eigenvalue weighted by Gasteiger charge is -2.32. The number of aromatic nitrogens is 5. The molecule has 8 heteroatoms. The number of nitrogens with zero attached hydrogens (tertiary/aromatic N) is 6. The van der Waals surface area contributed by atoms with E-state index >= 15 is 0 Å². The molecule has 0 bridgehead atoms. The number of pyridine rings is 1. The van der Waals surface area contributed by atoms with Gasteiger partial charge in [0.1, 0.15) is 5.69 Å². The fraction of sp³-hybridized carbons (Fsp3) is 0.412. The molecule has 0 radical (unpaired) electrons. The largest absolute Gasteiger partial charge is 0.348 e. The van der Waals surface area contributed by atoms with E-state index in [1.54, 1.807) is 10.7 Å². The molecule has 0 unspecified atom stereocenters. The van der Waals surface area contributed by atoms with Crippen molar-refractivity contribution in [1.29, 1.82) is 0 Å². The highest BCUT2D eigenvalue weighted by atomic mass is 16.2. The second kappa shape index (κ2) is 6.54. The molecule has 4 heterocycles. The first-order valence-electron chi connectivity index (χ1n) is 8.63. The first-order chi connectivity index (χ1) is 12.2. The molecule has 1 fully saturated rings. The molecular weight excluding hydrogens is 318 g/mol. The molecule has 1 saturated heterocycles. The predicted molar refractivity (Wildman–Crippen MR) is 93.6 cm³/mol. The Balaban J connectivity index is 1.37. The maximum Gasteiger partial charge on any atom is 0.271 e. The lowest BCUT2D eigenvalue weighted by atomic mass is 10.1. The van der Waals surface area contributed by atoms with Crippen LogP contribution in [0.25, 0.3) is 5.65 Å². The Bertz CT molecular complexity index is 876. The van der Waals surface area contributed by atoms with Gasteiger partial charge in [0.05, 0.1) is 0 Å². The van der Waals surface area contributed by atoms with Gasteiger partial charge in [0.2, 0.25) is 5.95 Å². The molecular formula is C17H21N7O. The van der Waals surface area contributed by atoms with Crippen molar-refractivity contribution in [1.82, 2.24) is 29.7 Å². The standard InChI is InChI=1S/C17H21N7O/c1-2-23-12-8-14(21-23)16(25)18-13-6-10-22(11-7-13)17-20-19-15-5-3-4-9-24(15)17/h3-5,8-9,12-13H,2,6-7,10-11H2,1H3,(H,18,25). The summed E-state index contributed by atoms with van der Waals surface area (Å²) in [5, 5.41) is 15.9. The number of hydrogen-bond acceptors (Lipinski definition) is 5. The van der Waals surface area contributed by atoms with Crippen molar-refractivity contribution in [3.05, 3.63) is 42.4 Å². The molecule has 0 atom stereocenters. The fourth-order valence-corrected chi connectivity index (χ4v) is 3.19. The van der Waals surface area contributed by atoms with Crippen LogP contribution in [0, 0.1) is 0 Å². The monoisotopic (exact) mass is 339 g/mol. The molecule has 3 aromatic rings. The maximum absolute atomic E-state index is 12.3. The number of aryl methyl sites for hydroxylation is 1. The zero-order valence-electron chi connectivity index (χ0n) is 14.2. The van der Waals surface area contributed by atoms with E-state index in [4.69, 9.17) is 0 Å². The van der Waals surface area contributed by atoms with Gasteiger partial charge in [-0.1, -0.05) is 6.07 Å². The maximum atomic E-state index is 12.3. The first kappa shape index (κ1) is 15.6. The van der Waals surface area contributed by atoms with Gasteiger partial charge < -0.3 is 10.2 Å². The van der Waals surface area contributed by atoms with Crippen molar-refractivity contribution in [3.63, 3.8) is 0 Å². The summed E-state index contributed by atoms with van der Waals surface area (Å²) in [7, 11) is 0. The van der Waals surface area contributed by atoms with E-state index in [9.17, 15) is 4.79 Å². The number of carbonyl (C=O) groups excluding carboxylic acids is 1. The van der Waals surface area contributed by atoms with E-state index in [2.05, 4.69) is 25.5 Å². The third-order valence-corrected chi connectivity index (χ3v) is 4.61. The molecule has 8 nitrogen and oxygen atoms in total. The Hall–Kier alpha value is -2.90. The van der Waals surface area contributed by atoms with Crippen LogP contribution in [-0.2, 0) is 6.54 Å². The van der Waals surface area contributed by atoms with Crippen LogP contribution < -0.4 is 10.2 Å². The number of piperidine rings is 1. The summed E-state index contributed by atoms with van der Waals surface area (Å²) in [5.41, 5.74) is 1.33. The summed E-state index contributed by atoms with van der Waals surface area (Å²) < 4.78 is 3.75. The Morgan fingerprint density at radius 1 is 1.20 bits per heavy atom. The van der Waals surface area contributed by atoms with Crippen LogP contribution in [0.1, 0.15) is 30.3 Å². The SMILES string of the molecule is CCn1ccc(C(=O)NC2CCN(c3nnc4ccccn34)CC2)n1. The Morgan fingerprint density at radius 3 is 2.80 bits per heavy atom.